The van der Waals surface area contributed by atoms with Crippen molar-refractivity contribution in [2.75, 3.05) is 5.32 Å². The van der Waals surface area contributed by atoms with Gasteiger partial charge in [0.1, 0.15) is 5.75 Å². The number of anilines is 1. The van der Waals surface area contributed by atoms with E-state index >= 15 is 0 Å². The van der Waals surface area contributed by atoms with Gasteiger partial charge in [-0.05, 0) is 38.3 Å². The Hall–Kier alpha value is -1.71. The molecule has 1 aromatic rings. The van der Waals surface area contributed by atoms with E-state index < -0.39 is 12.0 Å². The second kappa shape index (κ2) is 4.65. The van der Waals surface area contributed by atoms with Crippen LogP contribution in [0.5, 0.6) is 5.75 Å². The van der Waals surface area contributed by atoms with Crippen molar-refractivity contribution in [3.8, 4) is 5.75 Å². The van der Waals surface area contributed by atoms with Gasteiger partial charge in [0, 0.05) is 6.04 Å². The lowest BCUT2D eigenvalue weighted by molar-refractivity contribution is -0.123. The molecule has 0 saturated carbocycles. The molecular formula is C13H18N2O2. The zero-order valence-electron chi connectivity index (χ0n) is 10.2. The first kappa shape index (κ1) is 11.8. The van der Waals surface area contributed by atoms with Crippen LogP contribution in [0.15, 0.2) is 18.2 Å². The summed E-state index contributed by atoms with van der Waals surface area (Å²) >= 11 is 0. The summed E-state index contributed by atoms with van der Waals surface area (Å²) in [6.07, 6.45) is 1.54. The summed E-state index contributed by atoms with van der Waals surface area (Å²) in [6, 6.07) is 6.31. The summed E-state index contributed by atoms with van der Waals surface area (Å²) in [5, 5.41) is 3.40. The molecule has 0 saturated heterocycles. The molecule has 0 aliphatic carbocycles. The zero-order valence-corrected chi connectivity index (χ0v) is 10.2. The van der Waals surface area contributed by atoms with E-state index in [9.17, 15) is 4.79 Å². The van der Waals surface area contributed by atoms with Crippen molar-refractivity contribution in [1.29, 1.82) is 0 Å². The number of primary amides is 1. The van der Waals surface area contributed by atoms with Crippen LogP contribution in [0.4, 0.5) is 5.69 Å². The molecule has 0 spiro atoms. The molecule has 2 atom stereocenters. The minimum atomic E-state index is -0.611. The van der Waals surface area contributed by atoms with Crippen molar-refractivity contribution < 1.29 is 9.53 Å². The van der Waals surface area contributed by atoms with Crippen LogP contribution in [0.3, 0.4) is 0 Å². The second-order valence-electron chi connectivity index (χ2n) is 4.54. The van der Waals surface area contributed by atoms with E-state index in [1.54, 1.807) is 6.92 Å². The molecule has 0 radical (unpaired) electrons. The van der Waals surface area contributed by atoms with Crippen LogP contribution in [-0.4, -0.2) is 18.1 Å². The summed E-state index contributed by atoms with van der Waals surface area (Å²) < 4.78 is 5.59. The number of carbonyl (C=O) groups excluding carboxylic acids is 1. The number of nitrogens with two attached hydrogens (primary N) is 1. The Morgan fingerprint density at radius 3 is 3.06 bits per heavy atom. The topological polar surface area (TPSA) is 64.3 Å². The number of fused-ring (bicyclic) bond motifs is 1. The molecule has 3 N–H and O–H groups in total. The van der Waals surface area contributed by atoms with Crippen molar-refractivity contribution in [3.05, 3.63) is 23.8 Å². The number of aryl methyl sites for hydroxylation is 1. The molecule has 17 heavy (non-hydrogen) atoms. The van der Waals surface area contributed by atoms with Crippen molar-refractivity contribution in [1.82, 2.24) is 0 Å². The van der Waals surface area contributed by atoms with Gasteiger partial charge in [-0.25, -0.2) is 0 Å². The predicted molar refractivity (Wildman–Crippen MR) is 67.1 cm³/mol. The van der Waals surface area contributed by atoms with Gasteiger partial charge >= 0.3 is 0 Å². The molecule has 1 amide bonds. The number of benzene rings is 1. The Morgan fingerprint density at radius 2 is 2.35 bits per heavy atom. The number of hydrogen-bond donors (Lipinski definition) is 2. The molecule has 1 heterocycles. The number of nitrogens with one attached hydrogen (secondary N) is 1. The molecule has 0 fully saturated rings. The first-order chi connectivity index (χ1) is 8.08. The van der Waals surface area contributed by atoms with Crippen molar-refractivity contribution in [2.45, 2.75) is 38.8 Å². The fourth-order valence-corrected chi connectivity index (χ4v) is 1.99. The van der Waals surface area contributed by atoms with Gasteiger partial charge in [-0.3, -0.25) is 4.79 Å². The lowest BCUT2D eigenvalue weighted by atomic mass is 9.98. The van der Waals surface area contributed by atoms with Gasteiger partial charge in [0.15, 0.2) is 6.10 Å². The van der Waals surface area contributed by atoms with Gasteiger partial charge in [-0.15, -0.1) is 0 Å². The molecule has 4 nitrogen and oxygen atoms in total. The summed E-state index contributed by atoms with van der Waals surface area (Å²) in [4.78, 5) is 11.0. The van der Waals surface area contributed by atoms with Gasteiger partial charge in [-0.1, -0.05) is 12.1 Å². The highest BCUT2D eigenvalue weighted by molar-refractivity contribution is 5.79. The van der Waals surface area contributed by atoms with Gasteiger partial charge in [0.05, 0.1) is 5.69 Å². The van der Waals surface area contributed by atoms with E-state index in [1.165, 1.54) is 5.56 Å². The minimum Gasteiger partial charge on any atom is -0.479 e. The Balaban J connectivity index is 2.26. The minimum absolute atomic E-state index is 0.427. The van der Waals surface area contributed by atoms with E-state index in [2.05, 4.69) is 18.3 Å². The monoisotopic (exact) mass is 234 g/mol. The highest BCUT2D eigenvalue weighted by Crippen LogP contribution is 2.34. The van der Waals surface area contributed by atoms with Crippen LogP contribution in [-0.2, 0) is 11.2 Å². The molecule has 0 aromatic heterocycles. The lowest BCUT2D eigenvalue weighted by Crippen LogP contribution is -2.31. The van der Waals surface area contributed by atoms with E-state index in [0.29, 0.717) is 11.8 Å². The molecule has 1 aliphatic heterocycles. The summed E-state index contributed by atoms with van der Waals surface area (Å²) in [5.74, 6) is 0.256. The molecule has 2 unspecified atom stereocenters. The van der Waals surface area contributed by atoms with Gasteiger partial charge < -0.3 is 15.8 Å². The van der Waals surface area contributed by atoms with Crippen LogP contribution in [0.1, 0.15) is 25.8 Å². The first-order valence-corrected chi connectivity index (χ1v) is 5.92. The second-order valence-corrected chi connectivity index (χ2v) is 4.54. The molecular weight excluding hydrogens is 216 g/mol. The van der Waals surface area contributed by atoms with E-state index in [1.807, 2.05) is 12.1 Å². The van der Waals surface area contributed by atoms with Gasteiger partial charge in [0.25, 0.3) is 5.91 Å². The number of amides is 1. The van der Waals surface area contributed by atoms with Crippen LogP contribution in [0.25, 0.3) is 0 Å². The Bertz CT molecular complexity index is 431. The van der Waals surface area contributed by atoms with Crippen LogP contribution in [0.2, 0.25) is 0 Å². The van der Waals surface area contributed by atoms with Crippen LogP contribution >= 0.6 is 0 Å². The summed E-state index contributed by atoms with van der Waals surface area (Å²) in [6.45, 7) is 3.80. The maximum Gasteiger partial charge on any atom is 0.258 e. The number of para-hydroxylation sites is 1. The fraction of sp³-hybridized carbons (Fsp3) is 0.462. The third-order valence-electron chi connectivity index (χ3n) is 3.05. The standard InChI is InChI=1S/C13H18N2O2/c1-8-6-7-10-4-3-5-11(12(10)15-8)17-9(2)13(14)16/h3-5,8-9,15H,6-7H2,1-2H3,(H2,14,16). The van der Waals surface area contributed by atoms with E-state index in [4.69, 9.17) is 10.5 Å². The smallest absolute Gasteiger partial charge is 0.258 e. The van der Waals surface area contributed by atoms with Gasteiger partial charge in [0.2, 0.25) is 0 Å². The van der Waals surface area contributed by atoms with E-state index in [-0.39, 0.29) is 0 Å². The Labute approximate surface area is 101 Å². The van der Waals surface area contributed by atoms with E-state index in [0.717, 1.165) is 18.5 Å². The number of rotatable bonds is 3. The summed E-state index contributed by atoms with van der Waals surface area (Å²) in [7, 11) is 0. The van der Waals surface area contributed by atoms with Crippen molar-refractivity contribution in [3.63, 3.8) is 0 Å². The number of ether oxygens (including phenoxy) is 1. The third-order valence-corrected chi connectivity index (χ3v) is 3.05. The molecule has 4 heteroatoms. The number of hydrogen-bond acceptors (Lipinski definition) is 3. The number of carbonyl (C=O) groups is 1. The third kappa shape index (κ3) is 2.52. The fourth-order valence-electron chi connectivity index (χ4n) is 1.99. The predicted octanol–water partition coefficient (Wildman–Crippen LogP) is 1.69. The average molecular weight is 234 g/mol. The van der Waals surface area contributed by atoms with Crippen molar-refractivity contribution in [2.24, 2.45) is 5.73 Å². The molecule has 0 bridgehead atoms. The maximum absolute atomic E-state index is 11.0. The highest BCUT2D eigenvalue weighted by Gasteiger charge is 2.20. The molecule has 92 valence electrons. The Kier molecular flexibility index (Phi) is 3.22. The molecule has 2 rings (SSSR count). The average Bonchev–Trinajstić information content (AvgIpc) is 2.29. The summed E-state index contributed by atoms with van der Waals surface area (Å²) in [5.41, 5.74) is 7.44. The highest BCUT2D eigenvalue weighted by atomic mass is 16.5. The largest absolute Gasteiger partial charge is 0.479 e. The Morgan fingerprint density at radius 1 is 1.59 bits per heavy atom. The maximum atomic E-state index is 11.0. The zero-order chi connectivity index (χ0) is 12.4. The normalized spacial score (nSPS) is 20.0. The molecule has 1 aromatic carbocycles. The van der Waals surface area contributed by atoms with Crippen LogP contribution < -0.4 is 15.8 Å². The SMILES string of the molecule is CC1CCc2cccc(OC(C)C(N)=O)c2N1. The first-order valence-electron chi connectivity index (χ1n) is 5.92. The van der Waals surface area contributed by atoms with Crippen LogP contribution in [0, 0.1) is 0 Å². The molecule has 1 aliphatic rings. The van der Waals surface area contributed by atoms with Gasteiger partial charge in [-0.2, -0.15) is 0 Å². The lowest BCUT2D eigenvalue weighted by Gasteiger charge is -2.26. The quantitative estimate of drug-likeness (QED) is 0.836. The van der Waals surface area contributed by atoms with Crippen molar-refractivity contribution >= 4 is 11.6 Å².